The summed E-state index contributed by atoms with van der Waals surface area (Å²) in [5.41, 5.74) is 1.88. The molecule has 2 nitrogen and oxygen atoms in total. The summed E-state index contributed by atoms with van der Waals surface area (Å²) in [6, 6.07) is 3.79. The van der Waals surface area contributed by atoms with Crippen molar-refractivity contribution in [2.24, 2.45) is 5.16 Å². The topological polar surface area (TPSA) is 21.6 Å². The molecule has 1 aromatic heterocycles. The van der Waals surface area contributed by atoms with Gasteiger partial charge in [-0.15, -0.1) is 11.3 Å². The van der Waals surface area contributed by atoms with Gasteiger partial charge >= 0.3 is 0 Å². The van der Waals surface area contributed by atoms with Crippen molar-refractivity contribution in [3.8, 4) is 0 Å². The standard InChI is InChI=1S/C11H14ClNOS/c1-4-8(2)7-14-13-9(3)10-5-6-11(12)15-10/h5-6H,2,4,7H2,1,3H3/b13-9+. The molecule has 15 heavy (non-hydrogen) atoms. The average Bonchev–Trinajstić information content (AvgIpc) is 2.64. The second-order valence-corrected chi connectivity index (χ2v) is 4.87. The van der Waals surface area contributed by atoms with E-state index in [0.717, 1.165) is 26.9 Å². The molecule has 1 rings (SSSR count). The van der Waals surface area contributed by atoms with Crippen LogP contribution in [0.3, 0.4) is 0 Å². The summed E-state index contributed by atoms with van der Waals surface area (Å²) in [4.78, 5) is 6.19. The first-order valence-electron chi connectivity index (χ1n) is 4.72. The highest BCUT2D eigenvalue weighted by atomic mass is 35.5. The van der Waals surface area contributed by atoms with E-state index in [1.54, 1.807) is 0 Å². The summed E-state index contributed by atoms with van der Waals surface area (Å²) in [6.07, 6.45) is 0.916. The maximum Gasteiger partial charge on any atom is 0.138 e. The fourth-order valence-electron chi connectivity index (χ4n) is 0.876. The molecule has 0 amide bonds. The van der Waals surface area contributed by atoms with Gasteiger partial charge < -0.3 is 4.84 Å². The maximum atomic E-state index is 5.82. The van der Waals surface area contributed by atoms with Crippen LogP contribution in [0.15, 0.2) is 29.4 Å². The highest BCUT2D eigenvalue weighted by molar-refractivity contribution is 7.18. The zero-order valence-corrected chi connectivity index (χ0v) is 10.5. The monoisotopic (exact) mass is 243 g/mol. The van der Waals surface area contributed by atoms with E-state index in [0.29, 0.717) is 6.61 Å². The Bertz CT molecular complexity index is 370. The molecule has 0 fully saturated rings. The molecule has 0 spiro atoms. The van der Waals surface area contributed by atoms with Gasteiger partial charge in [0.15, 0.2) is 0 Å². The van der Waals surface area contributed by atoms with E-state index in [2.05, 4.69) is 11.7 Å². The number of hydrogen-bond donors (Lipinski definition) is 0. The molecule has 0 atom stereocenters. The Kier molecular flexibility index (Phi) is 4.85. The molecule has 1 aromatic rings. The summed E-state index contributed by atoms with van der Waals surface area (Å²) in [6.45, 7) is 8.26. The summed E-state index contributed by atoms with van der Waals surface area (Å²) in [5, 5.41) is 4.00. The maximum absolute atomic E-state index is 5.82. The second-order valence-electron chi connectivity index (χ2n) is 3.16. The summed E-state index contributed by atoms with van der Waals surface area (Å²) in [7, 11) is 0. The summed E-state index contributed by atoms with van der Waals surface area (Å²) >= 11 is 7.31. The molecule has 0 saturated carbocycles. The van der Waals surface area contributed by atoms with Crippen LogP contribution in [0.25, 0.3) is 0 Å². The Balaban J connectivity index is 2.50. The largest absolute Gasteiger partial charge is 0.391 e. The number of rotatable bonds is 5. The zero-order valence-electron chi connectivity index (χ0n) is 8.92. The minimum atomic E-state index is 0.479. The van der Waals surface area contributed by atoms with E-state index >= 15 is 0 Å². The average molecular weight is 244 g/mol. The molecule has 0 bridgehead atoms. The predicted molar refractivity (Wildman–Crippen MR) is 66.9 cm³/mol. The van der Waals surface area contributed by atoms with Crippen LogP contribution in [0.4, 0.5) is 0 Å². The molecular formula is C11H14ClNOS. The molecule has 0 aliphatic heterocycles. The van der Waals surface area contributed by atoms with E-state index in [9.17, 15) is 0 Å². The predicted octanol–water partition coefficient (Wildman–Crippen LogP) is 4.11. The van der Waals surface area contributed by atoms with Crippen molar-refractivity contribution in [1.29, 1.82) is 0 Å². The van der Waals surface area contributed by atoms with Crippen LogP contribution < -0.4 is 0 Å². The number of thiophene rings is 1. The number of hydrogen-bond acceptors (Lipinski definition) is 3. The van der Waals surface area contributed by atoms with Crippen LogP contribution >= 0.6 is 22.9 Å². The third kappa shape index (κ3) is 4.06. The lowest BCUT2D eigenvalue weighted by Gasteiger charge is -2.01. The van der Waals surface area contributed by atoms with E-state index in [4.69, 9.17) is 16.4 Å². The fraction of sp³-hybridized carbons (Fsp3) is 0.364. The zero-order chi connectivity index (χ0) is 11.3. The van der Waals surface area contributed by atoms with E-state index in [1.807, 2.05) is 26.0 Å². The Labute approximate surface area is 99.2 Å². The molecule has 82 valence electrons. The first-order valence-corrected chi connectivity index (χ1v) is 5.91. The van der Waals surface area contributed by atoms with E-state index < -0.39 is 0 Å². The van der Waals surface area contributed by atoms with Gasteiger partial charge in [0.1, 0.15) is 6.61 Å². The SMILES string of the molecule is C=C(CC)CO/N=C(\C)c1ccc(Cl)s1. The van der Waals surface area contributed by atoms with E-state index in [1.165, 1.54) is 11.3 Å². The Morgan fingerprint density at radius 2 is 2.33 bits per heavy atom. The summed E-state index contributed by atoms with van der Waals surface area (Å²) < 4.78 is 0.762. The summed E-state index contributed by atoms with van der Waals surface area (Å²) in [5.74, 6) is 0. The lowest BCUT2D eigenvalue weighted by atomic mass is 10.3. The Hall–Kier alpha value is -0.800. The van der Waals surface area contributed by atoms with Crippen LogP contribution in [0.2, 0.25) is 4.34 Å². The molecule has 0 saturated heterocycles. The van der Waals surface area contributed by atoms with Gasteiger partial charge in [0.05, 0.1) is 14.9 Å². The van der Waals surface area contributed by atoms with Gasteiger partial charge in [-0.2, -0.15) is 0 Å². The first kappa shape index (κ1) is 12.3. The quantitative estimate of drug-likeness (QED) is 0.433. The second kappa shape index (κ2) is 5.93. The van der Waals surface area contributed by atoms with Crippen molar-refractivity contribution in [3.63, 3.8) is 0 Å². The Morgan fingerprint density at radius 1 is 1.60 bits per heavy atom. The van der Waals surface area contributed by atoms with Gasteiger partial charge in [0.25, 0.3) is 0 Å². The van der Waals surface area contributed by atoms with Gasteiger partial charge in [0, 0.05) is 0 Å². The minimum absolute atomic E-state index is 0.479. The van der Waals surface area contributed by atoms with Gasteiger partial charge in [0.2, 0.25) is 0 Å². The molecule has 0 N–H and O–H groups in total. The van der Waals surface area contributed by atoms with Crippen molar-refractivity contribution in [2.45, 2.75) is 20.3 Å². The van der Waals surface area contributed by atoms with Gasteiger partial charge in [-0.05, 0) is 31.1 Å². The highest BCUT2D eigenvalue weighted by Crippen LogP contribution is 2.22. The van der Waals surface area contributed by atoms with Crippen molar-refractivity contribution in [2.75, 3.05) is 6.61 Å². The Morgan fingerprint density at radius 3 is 2.87 bits per heavy atom. The van der Waals surface area contributed by atoms with Crippen LogP contribution in [-0.4, -0.2) is 12.3 Å². The highest BCUT2D eigenvalue weighted by Gasteiger charge is 2.01. The normalized spacial score (nSPS) is 11.5. The third-order valence-electron chi connectivity index (χ3n) is 1.90. The number of halogens is 1. The van der Waals surface area contributed by atoms with Crippen LogP contribution in [-0.2, 0) is 4.84 Å². The van der Waals surface area contributed by atoms with Crippen LogP contribution in [0.1, 0.15) is 25.1 Å². The fourth-order valence-corrected chi connectivity index (χ4v) is 1.86. The van der Waals surface area contributed by atoms with Gasteiger partial charge in [-0.3, -0.25) is 0 Å². The van der Waals surface area contributed by atoms with Crippen LogP contribution in [0.5, 0.6) is 0 Å². The lowest BCUT2D eigenvalue weighted by Crippen LogP contribution is -1.96. The molecule has 0 aliphatic carbocycles. The smallest absolute Gasteiger partial charge is 0.138 e. The molecule has 0 aliphatic rings. The first-order chi connectivity index (χ1) is 7.13. The van der Waals surface area contributed by atoms with E-state index in [-0.39, 0.29) is 0 Å². The van der Waals surface area contributed by atoms with Crippen molar-refractivity contribution in [3.05, 3.63) is 33.5 Å². The molecule has 0 unspecified atom stereocenters. The molecule has 0 radical (unpaired) electrons. The molecule has 0 aromatic carbocycles. The lowest BCUT2D eigenvalue weighted by molar-refractivity contribution is 0.166. The molecular weight excluding hydrogens is 230 g/mol. The van der Waals surface area contributed by atoms with Gasteiger partial charge in [-0.1, -0.05) is 30.3 Å². The van der Waals surface area contributed by atoms with Crippen molar-refractivity contribution >= 4 is 28.6 Å². The molecule has 1 heterocycles. The minimum Gasteiger partial charge on any atom is -0.391 e. The van der Waals surface area contributed by atoms with Crippen molar-refractivity contribution < 1.29 is 4.84 Å². The number of nitrogens with zero attached hydrogens (tertiary/aromatic N) is 1. The third-order valence-corrected chi connectivity index (χ3v) is 3.24. The number of oxime groups is 1. The molecule has 4 heteroatoms. The van der Waals surface area contributed by atoms with Crippen LogP contribution in [0, 0.1) is 0 Å². The van der Waals surface area contributed by atoms with Crippen molar-refractivity contribution in [1.82, 2.24) is 0 Å². The van der Waals surface area contributed by atoms with Gasteiger partial charge in [-0.25, -0.2) is 0 Å².